The van der Waals surface area contributed by atoms with Crippen molar-refractivity contribution in [2.75, 3.05) is 0 Å². The average molecular weight is 405 g/mol. The number of halogens is 6. The van der Waals surface area contributed by atoms with Crippen LogP contribution in [0.5, 0.6) is 0 Å². The first kappa shape index (κ1) is 16.9. The van der Waals surface area contributed by atoms with Gasteiger partial charge in [-0.05, 0) is 23.1 Å². The number of azo groups is 1. The molecular formula is C12H4Cl6N2O. The average Bonchev–Trinajstić information content (AvgIpc) is 2.39. The summed E-state index contributed by atoms with van der Waals surface area (Å²) < 4.78 is 0. The predicted octanol–water partition coefficient (Wildman–Crippen LogP) is 7.53. The highest BCUT2D eigenvalue weighted by Gasteiger charge is 2.17. The van der Waals surface area contributed by atoms with Gasteiger partial charge in [-0.2, -0.15) is 0 Å². The quantitative estimate of drug-likeness (QED) is 0.220. The van der Waals surface area contributed by atoms with Crippen molar-refractivity contribution in [1.82, 2.24) is 0 Å². The summed E-state index contributed by atoms with van der Waals surface area (Å²) >= 11 is 35.3. The molecule has 110 valence electrons. The Morgan fingerprint density at radius 1 is 0.762 bits per heavy atom. The van der Waals surface area contributed by atoms with Crippen molar-refractivity contribution in [3.63, 3.8) is 0 Å². The lowest BCUT2D eigenvalue weighted by molar-refractivity contribution is -0.435. The predicted molar refractivity (Wildman–Crippen MR) is 88.3 cm³/mol. The first-order valence-electron chi connectivity index (χ1n) is 5.27. The fraction of sp³-hybridized carbons (Fsp3) is 0. The van der Waals surface area contributed by atoms with Crippen LogP contribution in [-0.4, -0.2) is 4.86 Å². The van der Waals surface area contributed by atoms with Gasteiger partial charge < -0.3 is 5.21 Å². The van der Waals surface area contributed by atoms with Gasteiger partial charge in [-0.1, -0.05) is 69.6 Å². The summed E-state index contributed by atoms with van der Waals surface area (Å²) in [6.07, 6.45) is 0. The van der Waals surface area contributed by atoms with Crippen LogP contribution in [0.15, 0.2) is 29.4 Å². The molecule has 0 aliphatic heterocycles. The lowest BCUT2D eigenvalue weighted by Gasteiger charge is -2.05. The van der Waals surface area contributed by atoms with Gasteiger partial charge in [0, 0.05) is 21.2 Å². The van der Waals surface area contributed by atoms with Crippen molar-refractivity contribution >= 4 is 81.0 Å². The summed E-state index contributed by atoms with van der Waals surface area (Å²) in [6, 6.07) is 5.56. The Morgan fingerprint density at radius 3 is 1.90 bits per heavy atom. The van der Waals surface area contributed by atoms with E-state index in [0.29, 0.717) is 0 Å². The molecule has 0 aromatic heterocycles. The maximum absolute atomic E-state index is 12.1. The molecule has 0 amide bonds. The number of nitrogens with zero attached hydrogens (tertiary/aromatic N) is 2. The molecule has 0 fully saturated rings. The third kappa shape index (κ3) is 3.86. The van der Waals surface area contributed by atoms with Crippen LogP contribution in [-0.2, 0) is 0 Å². The Hall–Kier alpha value is -0.420. The molecule has 0 atom stereocenters. The van der Waals surface area contributed by atoms with Gasteiger partial charge in [0.2, 0.25) is 0 Å². The molecule has 0 aliphatic rings. The SMILES string of the molecule is [O-][N+](=Nc1cc(Cl)cc(Cl)c1Cl)c1cc(Cl)cc(Cl)c1Cl. The van der Waals surface area contributed by atoms with Crippen LogP contribution in [0.2, 0.25) is 30.1 Å². The number of hydrogen-bond donors (Lipinski definition) is 0. The van der Waals surface area contributed by atoms with Crippen LogP contribution >= 0.6 is 69.6 Å². The Bertz CT molecular complexity index is 747. The molecule has 3 nitrogen and oxygen atoms in total. The number of benzene rings is 2. The van der Waals surface area contributed by atoms with Crippen molar-refractivity contribution in [1.29, 1.82) is 0 Å². The number of hydrogen-bond acceptors (Lipinski definition) is 2. The van der Waals surface area contributed by atoms with Crippen LogP contribution in [0.4, 0.5) is 11.4 Å². The molecule has 0 N–H and O–H groups in total. The lowest BCUT2D eigenvalue weighted by Crippen LogP contribution is -1.92. The van der Waals surface area contributed by atoms with Gasteiger partial charge in [0.25, 0.3) is 5.69 Å². The Labute approximate surface area is 150 Å². The van der Waals surface area contributed by atoms with E-state index in [1.165, 1.54) is 24.3 Å². The van der Waals surface area contributed by atoms with E-state index in [4.69, 9.17) is 69.6 Å². The summed E-state index contributed by atoms with van der Waals surface area (Å²) in [5.41, 5.74) is 0.0673. The van der Waals surface area contributed by atoms with Gasteiger partial charge in [-0.3, -0.25) is 0 Å². The zero-order valence-corrected chi connectivity index (χ0v) is 14.4. The van der Waals surface area contributed by atoms with Gasteiger partial charge in [0.1, 0.15) is 5.02 Å². The maximum atomic E-state index is 12.1. The monoisotopic (exact) mass is 402 g/mol. The van der Waals surface area contributed by atoms with Gasteiger partial charge in [-0.15, -0.1) is 0 Å². The van der Waals surface area contributed by atoms with Crippen molar-refractivity contribution in [3.8, 4) is 0 Å². The highest BCUT2D eigenvalue weighted by Crippen LogP contribution is 2.38. The molecule has 2 rings (SSSR count). The highest BCUT2D eigenvalue weighted by molar-refractivity contribution is 6.45. The largest absolute Gasteiger partial charge is 0.594 e. The molecule has 0 radical (unpaired) electrons. The Balaban J connectivity index is 2.57. The van der Waals surface area contributed by atoms with Crippen molar-refractivity contribution in [3.05, 3.63) is 59.6 Å². The fourth-order valence-electron chi connectivity index (χ4n) is 1.45. The van der Waals surface area contributed by atoms with Gasteiger partial charge >= 0.3 is 0 Å². The second kappa shape index (κ2) is 6.78. The van der Waals surface area contributed by atoms with E-state index in [1.807, 2.05) is 0 Å². The van der Waals surface area contributed by atoms with E-state index in [0.717, 1.165) is 0 Å². The maximum Gasteiger partial charge on any atom is 0.266 e. The minimum Gasteiger partial charge on any atom is -0.594 e. The van der Waals surface area contributed by atoms with Crippen LogP contribution in [0.3, 0.4) is 0 Å². The standard InChI is InChI=1S/C12H4Cl6N2O/c13-5-1-7(15)11(17)9(3-5)19-20(21)10-4-6(14)2-8(16)12(10)18/h1-4H. The summed E-state index contributed by atoms with van der Waals surface area (Å²) in [7, 11) is 0. The normalized spacial score (nSPS) is 11.8. The van der Waals surface area contributed by atoms with Gasteiger partial charge in [0.15, 0.2) is 5.69 Å². The van der Waals surface area contributed by atoms with Crippen LogP contribution in [0, 0.1) is 5.21 Å². The Kier molecular flexibility index (Phi) is 5.47. The first-order chi connectivity index (χ1) is 9.79. The topological polar surface area (TPSA) is 38.4 Å². The number of rotatable bonds is 2. The zero-order valence-electron chi connectivity index (χ0n) is 9.88. The second-order valence-corrected chi connectivity index (χ2v) is 6.26. The summed E-state index contributed by atoms with van der Waals surface area (Å²) in [5.74, 6) is 0. The Morgan fingerprint density at radius 2 is 1.29 bits per heavy atom. The zero-order chi connectivity index (χ0) is 15.7. The van der Waals surface area contributed by atoms with Crippen LogP contribution in [0.25, 0.3) is 0 Å². The molecule has 0 bridgehead atoms. The minimum absolute atomic E-state index is 0.0177. The fourth-order valence-corrected chi connectivity index (χ4v) is 2.74. The smallest absolute Gasteiger partial charge is 0.266 e. The first-order valence-corrected chi connectivity index (χ1v) is 7.54. The third-order valence-corrected chi connectivity index (χ3v) is 4.37. The molecule has 0 spiro atoms. The van der Waals surface area contributed by atoms with Crippen LogP contribution < -0.4 is 0 Å². The van der Waals surface area contributed by atoms with E-state index in [9.17, 15) is 5.21 Å². The molecule has 0 aliphatic carbocycles. The molecule has 21 heavy (non-hydrogen) atoms. The molecule has 0 saturated heterocycles. The van der Waals surface area contributed by atoms with E-state index in [1.54, 1.807) is 0 Å². The second-order valence-electron chi connectivity index (χ2n) is 3.81. The van der Waals surface area contributed by atoms with Crippen LogP contribution in [0.1, 0.15) is 0 Å². The molecule has 2 aromatic rings. The molecule has 0 heterocycles. The van der Waals surface area contributed by atoms with Crippen molar-refractivity contribution in [2.24, 2.45) is 5.11 Å². The van der Waals surface area contributed by atoms with E-state index in [2.05, 4.69) is 5.11 Å². The molecule has 2 aromatic carbocycles. The highest BCUT2D eigenvalue weighted by atomic mass is 35.5. The molecule has 0 saturated carbocycles. The van der Waals surface area contributed by atoms with Crippen molar-refractivity contribution in [2.45, 2.75) is 0 Å². The molecular weight excluding hydrogens is 401 g/mol. The molecule has 0 unspecified atom stereocenters. The summed E-state index contributed by atoms with van der Waals surface area (Å²) in [6.45, 7) is 0. The summed E-state index contributed by atoms with van der Waals surface area (Å²) in [4.78, 5) is 0.244. The van der Waals surface area contributed by atoms with Crippen molar-refractivity contribution < 1.29 is 4.86 Å². The van der Waals surface area contributed by atoms with Gasteiger partial charge in [0.05, 0.1) is 15.1 Å². The van der Waals surface area contributed by atoms with E-state index in [-0.39, 0.29) is 46.4 Å². The summed E-state index contributed by atoms with van der Waals surface area (Å²) in [5, 5.41) is 16.8. The minimum atomic E-state index is -0.0265. The lowest BCUT2D eigenvalue weighted by atomic mass is 10.3. The third-order valence-electron chi connectivity index (χ3n) is 2.35. The van der Waals surface area contributed by atoms with E-state index >= 15 is 0 Å². The van der Waals surface area contributed by atoms with E-state index < -0.39 is 0 Å². The van der Waals surface area contributed by atoms with Gasteiger partial charge in [-0.25, -0.2) is 0 Å². The molecule has 9 heteroatoms.